The van der Waals surface area contributed by atoms with Gasteiger partial charge in [-0.25, -0.2) is 0 Å². The zero-order valence-corrected chi connectivity index (χ0v) is 12.8. The summed E-state index contributed by atoms with van der Waals surface area (Å²) < 4.78 is 1.22. The van der Waals surface area contributed by atoms with Gasteiger partial charge in [0.2, 0.25) is 0 Å². The maximum atomic E-state index is 3.64. The number of rotatable bonds is 3. The lowest BCUT2D eigenvalue weighted by atomic mass is 10.0. The molecule has 1 atom stereocenters. The fraction of sp³-hybridized carbons (Fsp3) is 0.500. The topological polar surface area (TPSA) is 3.24 Å². The molecule has 1 aromatic carbocycles. The highest BCUT2D eigenvalue weighted by Gasteiger charge is 2.10. The van der Waals surface area contributed by atoms with Crippen LogP contribution in [-0.4, -0.2) is 19.0 Å². The van der Waals surface area contributed by atoms with Gasteiger partial charge >= 0.3 is 0 Å². The zero-order valence-electron chi connectivity index (χ0n) is 9.64. The molecule has 0 radical (unpaired) electrons. The lowest BCUT2D eigenvalue weighted by Crippen LogP contribution is -2.11. The summed E-state index contributed by atoms with van der Waals surface area (Å²) in [5.41, 5.74) is 3.99. The first-order valence-corrected chi connectivity index (χ1v) is 6.70. The first-order chi connectivity index (χ1) is 6.91. The second-order valence-corrected chi connectivity index (χ2v) is 6.34. The molecule has 0 aliphatic heterocycles. The third kappa shape index (κ3) is 3.58. The van der Waals surface area contributed by atoms with E-state index in [-0.39, 0.29) is 0 Å². The number of nitrogens with zero attached hydrogens (tertiary/aromatic N) is 1. The van der Waals surface area contributed by atoms with Gasteiger partial charge in [0.15, 0.2) is 0 Å². The number of hydrogen-bond acceptors (Lipinski definition) is 1. The second-order valence-electron chi connectivity index (χ2n) is 4.17. The number of benzene rings is 1. The lowest BCUT2D eigenvalue weighted by Gasteiger charge is -2.15. The Morgan fingerprint density at radius 2 is 1.93 bits per heavy atom. The SMILES string of the molecule is Cc1cc(CN(C)C)cc(C(C)Br)c1Br. The predicted octanol–water partition coefficient (Wildman–Crippen LogP) is 4.28. The molecule has 3 heteroatoms. The smallest absolute Gasteiger partial charge is 0.0378 e. The molecule has 0 bridgehead atoms. The maximum Gasteiger partial charge on any atom is 0.0378 e. The zero-order chi connectivity index (χ0) is 11.6. The Morgan fingerprint density at radius 1 is 1.33 bits per heavy atom. The first-order valence-electron chi connectivity index (χ1n) is 4.99. The molecule has 1 rings (SSSR count). The van der Waals surface area contributed by atoms with Crippen molar-refractivity contribution in [2.45, 2.75) is 25.2 Å². The quantitative estimate of drug-likeness (QED) is 0.746. The lowest BCUT2D eigenvalue weighted by molar-refractivity contribution is 0.402. The molecule has 1 nitrogen and oxygen atoms in total. The van der Waals surface area contributed by atoms with Crippen LogP contribution in [0.25, 0.3) is 0 Å². The Labute approximate surface area is 109 Å². The van der Waals surface area contributed by atoms with Crippen molar-refractivity contribution >= 4 is 31.9 Å². The highest BCUT2D eigenvalue weighted by atomic mass is 79.9. The van der Waals surface area contributed by atoms with E-state index in [9.17, 15) is 0 Å². The van der Waals surface area contributed by atoms with Crippen molar-refractivity contribution in [3.63, 3.8) is 0 Å². The van der Waals surface area contributed by atoms with Gasteiger partial charge in [-0.2, -0.15) is 0 Å². The fourth-order valence-electron chi connectivity index (χ4n) is 1.62. The van der Waals surface area contributed by atoms with Crippen molar-refractivity contribution in [2.75, 3.05) is 14.1 Å². The molecule has 0 aliphatic carbocycles. The second kappa shape index (κ2) is 5.46. The van der Waals surface area contributed by atoms with E-state index in [1.165, 1.54) is 21.2 Å². The Morgan fingerprint density at radius 3 is 2.40 bits per heavy atom. The van der Waals surface area contributed by atoms with Crippen LogP contribution in [0.2, 0.25) is 0 Å². The minimum absolute atomic E-state index is 0.382. The van der Waals surface area contributed by atoms with E-state index in [1.54, 1.807) is 0 Å². The van der Waals surface area contributed by atoms with Crippen LogP contribution in [-0.2, 0) is 6.54 Å². The standard InChI is InChI=1S/C12H17Br2N/c1-8-5-10(7-15(3)4)6-11(9(2)13)12(8)14/h5-6,9H,7H2,1-4H3. The van der Waals surface area contributed by atoms with E-state index in [2.05, 4.69) is 76.8 Å². The Bertz CT molecular complexity index is 346. The van der Waals surface area contributed by atoms with Gasteiger partial charge in [-0.1, -0.05) is 44.0 Å². The molecule has 0 saturated heterocycles. The van der Waals surface area contributed by atoms with Crippen molar-refractivity contribution in [2.24, 2.45) is 0 Å². The van der Waals surface area contributed by atoms with Crippen LogP contribution < -0.4 is 0 Å². The minimum Gasteiger partial charge on any atom is -0.305 e. The highest BCUT2D eigenvalue weighted by molar-refractivity contribution is 9.11. The third-order valence-electron chi connectivity index (χ3n) is 2.27. The molecule has 15 heavy (non-hydrogen) atoms. The predicted molar refractivity (Wildman–Crippen MR) is 73.6 cm³/mol. The van der Waals surface area contributed by atoms with Crippen molar-refractivity contribution in [3.8, 4) is 0 Å². The molecule has 0 amide bonds. The molecule has 0 aliphatic rings. The third-order valence-corrected chi connectivity index (χ3v) is 3.85. The van der Waals surface area contributed by atoms with E-state index < -0.39 is 0 Å². The van der Waals surface area contributed by atoms with Gasteiger partial charge in [0.05, 0.1) is 0 Å². The molecule has 0 aromatic heterocycles. The summed E-state index contributed by atoms with van der Waals surface area (Å²) in [5.74, 6) is 0. The van der Waals surface area contributed by atoms with E-state index in [4.69, 9.17) is 0 Å². The number of hydrogen-bond donors (Lipinski definition) is 0. The van der Waals surface area contributed by atoms with Crippen LogP contribution in [0, 0.1) is 6.92 Å². The van der Waals surface area contributed by atoms with Crippen LogP contribution >= 0.6 is 31.9 Å². The van der Waals surface area contributed by atoms with Crippen molar-refractivity contribution in [1.29, 1.82) is 0 Å². The molecular formula is C12H17Br2N. The van der Waals surface area contributed by atoms with Gasteiger partial charge in [0.1, 0.15) is 0 Å². The van der Waals surface area contributed by atoms with E-state index in [0.29, 0.717) is 4.83 Å². The van der Waals surface area contributed by atoms with Crippen LogP contribution in [0.3, 0.4) is 0 Å². The molecule has 1 unspecified atom stereocenters. The van der Waals surface area contributed by atoms with Gasteiger partial charge in [-0.15, -0.1) is 0 Å². The van der Waals surface area contributed by atoms with Crippen molar-refractivity contribution in [3.05, 3.63) is 33.3 Å². The summed E-state index contributed by atoms with van der Waals surface area (Å²) >= 11 is 7.26. The largest absolute Gasteiger partial charge is 0.305 e. The van der Waals surface area contributed by atoms with E-state index in [1.807, 2.05) is 0 Å². The van der Waals surface area contributed by atoms with Crippen molar-refractivity contribution < 1.29 is 0 Å². The summed E-state index contributed by atoms with van der Waals surface area (Å²) in [6.07, 6.45) is 0. The summed E-state index contributed by atoms with van der Waals surface area (Å²) in [6, 6.07) is 4.50. The van der Waals surface area contributed by atoms with Gasteiger partial charge < -0.3 is 4.90 Å². The monoisotopic (exact) mass is 333 g/mol. The highest BCUT2D eigenvalue weighted by Crippen LogP contribution is 2.32. The van der Waals surface area contributed by atoms with Gasteiger partial charge in [-0.3, -0.25) is 0 Å². The molecule has 84 valence electrons. The molecule has 0 fully saturated rings. The summed E-state index contributed by atoms with van der Waals surface area (Å²) in [6.45, 7) is 5.28. The normalized spacial score (nSPS) is 13.3. The van der Waals surface area contributed by atoms with Gasteiger partial charge in [0, 0.05) is 15.8 Å². The molecule has 0 heterocycles. The van der Waals surface area contributed by atoms with Crippen molar-refractivity contribution in [1.82, 2.24) is 4.90 Å². The summed E-state index contributed by atoms with van der Waals surface area (Å²) in [7, 11) is 4.18. The molecule has 1 aromatic rings. The van der Waals surface area contributed by atoms with Crippen LogP contribution in [0.1, 0.15) is 28.4 Å². The summed E-state index contributed by atoms with van der Waals surface area (Å²) in [5, 5.41) is 0. The molecule has 0 saturated carbocycles. The maximum absolute atomic E-state index is 3.64. The van der Waals surface area contributed by atoms with Crippen LogP contribution in [0.5, 0.6) is 0 Å². The molecule has 0 spiro atoms. The first kappa shape index (κ1) is 13.2. The van der Waals surface area contributed by atoms with Gasteiger partial charge in [0.25, 0.3) is 0 Å². The Balaban J connectivity index is 3.11. The minimum atomic E-state index is 0.382. The van der Waals surface area contributed by atoms with Crippen LogP contribution in [0.4, 0.5) is 0 Å². The molecular weight excluding hydrogens is 318 g/mol. The number of aryl methyl sites for hydroxylation is 1. The number of halogens is 2. The summed E-state index contributed by atoms with van der Waals surface area (Å²) in [4.78, 5) is 2.57. The van der Waals surface area contributed by atoms with Crippen LogP contribution in [0.15, 0.2) is 16.6 Å². The average Bonchev–Trinajstić information content (AvgIpc) is 2.09. The van der Waals surface area contributed by atoms with Gasteiger partial charge in [-0.05, 0) is 44.6 Å². The fourth-order valence-corrected chi connectivity index (χ4v) is 2.86. The Hall–Kier alpha value is 0.140. The average molecular weight is 335 g/mol. The number of alkyl halides is 1. The van der Waals surface area contributed by atoms with E-state index in [0.717, 1.165) is 6.54 Å². The Kier molecular flexibility index (Phi) is 4.81. The molecule has 0 N–H and O–H groups in total. The van der Waals surface area contributed by atoms with E-state index >= 15 is 0 Å².